The number of hydrogen-bond donors (Lipinski definition) is 0. The van der Waals surface area contributed by atoms with Crippen LogP contribution >= 0.6 is 0 Å². The molecule has 0 amide bonds. The monoisotopic (exact) mass is 765 g/mol. The van der Waals surface area contributed by atoms with E-state index in [0.29, 0.717) is 19.3 Å². The summed E-state index contributed by atoms with van der Waals surface area (Å²) in [4.78, 5) is 37.5. The number of carbonyl (C=O) groups is 3. The fourth-order valence-corrected chi connectivity index (χ4v) is 7.16. The first-order valence-electron chi connectivity index (χ1n) is 23.9. The molecule has 0 aliphatic heterocycles. The summed E-state index contributed by atoms with van der Waals surface area (Å²) in [7, 11) is 0. The quantitative estimate of drug-likeness (QED) is 0.0349. The number of esters is 3. The van der Waals surface area contributed by atoms with Gasteiger partial charge in [-0.1, -0.05) is 227 Å². The van der Waals surface area contributed by atoms with Crippen molar-refractivity contribution in [3.8, 4) is 0 Å². The number of rotatable bonds is 43. The van der Waals surface area contributed by atoms with Crippen LogP contribution < -0.4 is 0 Å². The number of hydrogen-bond acceptors (Lipinski definition) is 6. The molecule has 0 aromatic rings. The van der Waals surface area contributed by atoms with Gasteiger partial charge < -0.3 is 14.2 Å². The highest BCUT2D eigenvalue weighted by molar-refractivity contribution is 5.71. The molecule has 0 unspecified atom stereocenters. The maximum atomic E-state index is 12.5. The molecule has 0 aliphatic rings. The molecule has 6 heteroatoms. The van der Waals surface area contributed by atoms with Gasteiger partial charge in [0.15, 0.2) is 6.10 Å². The molecule has 0 bridgehead atoms. The fourth-order valence-electron chi connectivity index (χ4n) is 7.16. The van der Waals surface area contributed by atoms with Gasteiger partial charge in [-0.05, 0) is 25.2 Å². The minimum Gasteiger partial charge on any atom is -0.462 e. The van der Waals surface area contributed by atoms with Gasteiger partial charge in [-0.2, -0.15) is 0 Å². The summed E-state index contributed by atoms with van der Waals surface area (Å²) in [6.07, 6.45) is 42.7. The van der Waals surface area contributed by atoms with E-state index in [-0.39, 0.29) is 31.1 Å². The van der Waals surface area contributed by atoms with Crippen LogP contribution in [0, 0.1) is 5.92 Å². The Labute approximate surface area is 336 Å². The van der Waals surface area contributed by atoms with Gasteiger partial charge in [0.1, 0.15) is 13.2 Å². The maximum Gasteiger partial charge on any atom is 0.306 e. The zero-order valence-corrected chi connectivity index (χ0v) is 36.7. The van der Waals surface area contributed by atoms with Gasteiger partial charge in [0.25, 0.3) is 0 Å². The van der Waals surface area contributed by atoms with Gasteiger partial charge in [-0.15, -0.1) is 0 Å². The van der Waals surface area contributed by atoms with E-state index >= 15 is 0 Å². The lowest BCUT2D eigenvalue weighted by Gasteiger charge is -2.18. The van der Waals surface area contributed by atoms with Gasteiger partial charge in [0.2, 0.25) is 0 Å². The summed E-state index contributed by atoms with van der Waals surface area (Å²) in [5, 5.41) is 0. The summed E-state index contributed by atoms with van der Waals surface area (Å²) in [5.74, 6) is -0.0591. The number of ether oxygens (including phenoxy) is 3. The number of unbranched alkanes of at least 4 members (excludes halogenated alkanes) is 30. The predicted octanol–water partition coefficient (Wildman–Crippen LogP) is 15.1. The molecule has 0 aromatic carbocycles. The van der Waals surface area contributed by atoms with E-state index in [1.807, 2.05) is 0 Å². The summed E-state index contributed by atoms with van der Waals surface area (Å²) >= 11 is 0. The van der Waals surface area contributed by atoms with Gasteiger partial charge in [-0.3, -0.25) is 14.4 Å². The third-order valence-corrected chi connectivity index (χ3v) is 10.8. The van der Waals surface area contributed by atoms with E-state index in [0.717, 1.165) is 70.1 Å². The van der Waals surface area contributed by atoms with Crippen molar-refractivity contribution in [3.63, 3.8) is 0 Å². The first kappa shape index (κ1) is 52.4. The lowest BCUT2D eigenvalue weighted by Crippen LogP contribution is -2.30. The molecule has 1 atom stereocenters. The molecule has 0 aliphatic carbocycles. The summed E-state index contributed by atoms with van der Waals surface area (Å²) < 4.78 is 16.6. The van der Waals surface area contributed by atoms with Crippen molar-refractivity contribution in [1.29, 1.82) is 0 Å². The minimum absolute atomic E-state index is 0.0652. The van der Waals surface area contributed by atoms with Crippen LogP contribution in [0.1, 0.15) is 265 Å². The SMILES string of the molecule is CCCCCCCCCCCCCCCCCCCCCC(=O)OC[C@H](COC(=O)CCCCCCCCCCCC(C)C)OC(=O)CCCCCCC. The summed E-state index contributed by atoms with van der Waals surface area (Å²) in [6.45, 7) is 8.91. The second-order valence-corrected chi connectivity index (χ2v) is 16.9. The van der Waals surface area contributed by atoms with E-state index in [9.17, 15) is 14.4 Å². The normalized spacial score (nSPS) is 11.9. The van der Waals surface area contributed by atoms with Crippen molar-refractivity contribution in [2.75, 3.05) is 13.2 Å². The second kappa shape index (κ2) is 42.6. The van der Waals surface area contributed by atoms with Crippen LogP contribution in [0.3, 0.4) is 0 Å². The molecule has 0 aromatic heterocycles. The molecular weight excluding hydrogens is 673 g/mol. The summed E-state index contributed by atoms with van der Waals surface area (Å²) in [6, 6.07) is 0. The molecule has 0 radical (unpaired) electrons. The molecule has 320 valence electrons. The fraction of sp³-hybridized carbons (Fsp3) is 0.938. The number of carbonyl (C=O) groups excluding carboxylic acids is 3. The topological polar surface area (TPSA) is 78.9 Å². The maximum absolute atomic E-state index is 12.5. The Morgan fingerprint density at radius 3 is 0.907 bits per heavy atom. The van der Waals surface area contributed by atoms with E-state index in [4.69, 9.17) is 14.2 Å². The molecule has 54 heavy (non-hydrogen) atoms. The standard InChI is InChI=1S/C48H92O6/c1-5-7-9-11-12-13-14-15-16-17-18-19-20-21-22-25-28-32-35-39-46(49)52-42-45(54-48(51)41-37-30-10-8-6-2)43-53-47(50)40-36-33-29-26-23-24-27-31-34-38-44(3)4/h44-45H,5-43H2,1-4H3/t45-/m1/s1. The van der Waals surface area contributed by atoms with E-state index in [2.05, 4.69) is 27.7 Å². The molecule has 6 nitrogen and oxygen atoms in total. The molecule has 0 spiro atoms. The van der Waals surface area contributed by atoms with Crippen LogP contribution in [0.5, 0.6) is 0 Å². The zero-order valence-electron chi connectivity index (χ0n) is 36.7. The van der Waals surface area contributed by atoms with Crippen molar-refractivity contribution >= 4 is 17.9 Å². The van der Waals surface area contributed by atoms with Crippen molar-refractivity contribution in [2.24, 2.45) is 5.92 Å². The zero-order chi connectivity index (χ0) is 39.6. The Hall–Kier alpha value is -1.59. The Morgan fingerprint density at radius 2 is 0.611 bits per heavy atom. The Balaban J connectivity index is 4.06. The van der Waals surface area contributed by atoms with E-state index in [1.54, 1.807) is 0 Å². The highest BCUT2D eigenvalue weighted by atomic mass is 16.6. The van der Waals surface area contributed by atoms with Crippen molar-refractivity contribution in [1.82, 2.24) is 0 Å². The molecule has 0 rings (SSSR count). The third kappa shape index (κ3) is 41.6. The van der Waals surface area contributed by atoms with Crippen molar-refractivity contribution in [3.05, 3.63) is 0 Å². The van der Waals surface area contributed by atoms with Crippen molar-refractivity contribution < 1.29 is 28.6 Å². The van der Waals surface area contributed by atoms with Crippen LogP contribution in [0.15, 0.2) is 0 Å². The Bertz CT molecular complexity index is 811. The third-order valence-electron chi connectivity index (χ3n) is 10.8. The van der Waals surface area contributed by atoms with Crippen LogP contribution in [-0.4, -0.2) is 37.2 Å². The molecule has 0 heterocycles. The van der Waals surface area contributed by atoms with Gasteiger partial charge in [-0.25, -0.2) is 0 Å². The smallest absolute Gasteiger partial charge is 0.306 e. The summed E-state index contributed by atoms with van der Waals surface area (Å²) in [5.41, 5.74) is 0. The van der Waals surface area contributed by atoms with Gasteiger partial charge >= 0.3 is 17.9 Å². The van der Waals surface area contributed by atoms with Crippen LogP contribution in [-0.2, 0) is 28.6 Å². The average molecular weight is 765 g/mol. The molecule has 0 fully saturated rings. The van der Waals surface area contributed by atoms with Gasteiger partial charge in [0.05, 0.1) is 0 Å². The first-order chi connectivity index (χ1) is 26.4. The van der Waals surface area contributed by atoms with Gasteiger partial charge in [0, 0.05) is 19.3 Å². The van der Waals surface area contributed by atoms with Crippen LogP contribution in [0.2, 0.25) is 0 Å². The Morgan fingerprint density at radius 1 is 0.352 bits per heavy atom. The molecule has 0 saturated heterocycles. The second-order valence-electron chi connectivity index (χ2n) is 16.9. The van der Waals surface area contributed by atoms with Crippen LogP contribution in [0.25, 0.3) is 0 Å². The first-order valence-corrected chi connectivity index (χ1v) is 23.9. The van der Waals surface area contributed by atoms with E-state index < -0.39 is 6.10 Å². The Kier molecular flexibility index (Phi) is 41.3. The average Bonchev–Trinajstić information content (AvgIpc) is 3.15. The molecule has 0 saturated carbocycles. The highest BCUT2D eigenvalue weighted by Gasteiger charge is 2.19. The minimum atomic E-state index is -0.758. The lowest BCUT2D eigenvalue weighted by atomic mass is 10.0. The van der Waals surface area contributed by atoms with E-state index in [1.165, 1.54) is 154 Å². The predicted molar refractivity (Wildman–Crippen MR) is 229 cm³/mol. The van der Waals surface area contributed by atoms with Crippen molar-refractivity contribution in [2.45, 2.75) is 271 Å². The molecule has 0 N–H and O–H groups in total. The lowest BCUT2D eigenvalue weighted by molar-refractivity contribution is -0.167. The highest BCUT2D eigenvalue weighted by Crippen LogP contribution is 2.16. The van der Waals surface area contributed by atoms with Crippen LogP contribution in [0.4, 0.5) is 0 Å². The largest absolute Gasteiger partial charge is 0.462 e. The molecular formula is C48H92O6.